The van der Waals surface area contributed by atoms with Crippen LogP contribution in [-0.2, 0) is 12.8 Å². The summed E-state index contributed by atoms with van der Waals surface area (Å²) in [6.07, 6.45) is 2.02. The molecule has 0 saturated heterocycles. The predicted molar refractivity (Wildman–Crippen MR) is 209 cm³/mol. The van der Waals surface area contributed by atoms with Crippen molar-refractivity contribution >= 4 is 34.0 Å². The molecule has 6 rings (SSSR count). The number of halogens is 5. The summed E-state index contributed by atoms with van der Waals surface area (Å²) >= 11 is 6.70. The number of alkyl halides is 2. The van der Waals surface area contributed by atoms with Crippen molar-refractivity contribution in [3.05, 3.63) is 128 Å². The van der Waals surface area contributed by atoms with Crippen LogP contribution in [0, 0.1) is 29.9 Å². The van der Waals surface area contributed by atoms with Gasteiger partial charge in [-0.2, -0.15) is 0 Å². The van der Waals surface area contributed by atoms with Crippen LogP contribution in [0.25, 0.3) is 16.7 Å². The van der Waals surface area contributed by atoms with Crippen molar-refractivity contribution in [3.8, 4) is 5.69 Å². The summed E-state index contributed by atoms with van der Waals surface area (Å²) in [6.45, 7) is 8.20. The third-order valence-electron chi connectivity index (χ3n) is 10.5. The zero-order valence-corrected chi connectivity index (χ0v) is 31.8. The number of fused-ring (bicyclic) bond motifs is 1. The Morgan fingerprint density at radius 3 is 2.33 bits per heavy atom. The van der Waals surface area contributed by atoms with E-state index in [1.54, 1.807) is 22.8 Å². The summed E-state index contributed by atoms with van der Waals surface area (Å²) in [4.78, 5) is 25.3. The lowest BCUT2D eigenvalue weighted by molar-refractivity contribution is -0.0384. The van der Waals surface area contributed by atoms with E-state index < -0.39 is 29.0 Å². The number of aromatic nitrogens is 3. The molecule has 284 valence electrons. The van der Waals surface area contributed by atoms with Crippen LogP contribution in [-0.4, -0.2) is 32.7 Å². The minimum atomic E-state index is -2.73. The molecular weight excluding hydrogens is 714 g/mol. The lowest BCUT2D eigenvalue weighted by Gasteiger charge is -2.29. The van der Waals surface area contributed by atoms with E-state index in [1.165, 1.54) is 12.1 Å². The summed E-state index contributed by atoms with van der Waals surface area (Å²) in [6, 6.07) is 18.5. The molecule has 0 amide bonds. The molecule has 54 heavy (non-hydrogen) atoms. The van der Waals surface area contributed by atoms with Crippen LogP contribution in [0.4, 0.5) is 23.2 Å². The highest BCUT2D eigenvalue weighted by molar-refractivity contribution is 6.34. The van der Waals surface area contributed by atoms with Crippen LogP contribution in [0.15, 0.2) is 71.5 Å². The fraction of sp³-hybridized carbons (Fsp3) is 0.395. The zero-order valence-electron chi connectivity index (χ0n) is 31.1. The molecule has 2 heterocycles. The van der Waals surface area contributed by atoms with Crippen LogP contribution in [0.3, 0.4) is 0 Å². The van der Waals surface area contributed by atoms with Gasteiger partial charge in [0.05, 0.1) is 16.4 Å². The van der Waals surface area contributed by atoms with Crippen molar-refractivity contribution in [2.75, 3.05) is 11.9 Å². The number of anilines is 1. The van der Waals surface area contributed by atoms with Crippen LogP contribution in [0.5, 0.6) is 0 Å². The smallest absolute Gasteiger partial charge is 0.269 e. The normalized spacial score (nSPS) is 15.1. The lowest BCUT2D eigenvalue weighted by atomic mass is 9.84. The summed E-state index contributed by atoms with van der Waals surface area (Å²) in [5, 5.41) is 12.9. The molecule has 1 atom stereocenters. The highest BCUT2D eigenvalue weighted by atomic mass is 35.5. The van der Waals surface area contributed by atoms with Crippen molar-refractivity contribution < 1.29 is 17.6 Å². The van der Waals surface area contributed by atoms with Crippen molar-refractivity contribution in [1.29, 1.82) is 5.41 Å². The van der Waals surface area contributed by atoms with Gasteiger partial charge in [-0.3, -0.25) is 9.36 Å². The van der Waals surface area contributed by atoms with E-state index in [2.05, 4.69) is 5.32 Å². The average molecular weight is 760 g/mol. The van der Waals surface area contributed by atoms with E-state index in [9.17, 15) is 17.6 Å². The van der Waals surface area contributed by atoms with Gasteiger partial charge in [-0.25, -0.2) is 27.5 Å². The Morgan fingerprint density at radius 2 is 1.69 bits per heavy atom. The second kappa shape index (κ2) is 16.4. The predicted octanol–water partition coefficient (Wildman–Crippen LogP) is 11.1. The molecule has 1 saturated carbocycles. The van der Waals surface area contributed by atoms with Gasteiger partial charge in [0.1, 0.15) is 22.8 Å². The van der Waals surface area contributed by atoms with E-state index in [1.807, 2.05) is 58.0 Å². The Kier molecular flexibility index (Phi) is 11.9. The van der Waals surface area contributed by atoms with Crippen LogP contribution in [0.1, 0.15) is 105 Å². The van der Waals surface area contributed by atoms with Crippen molar-refractivity contribution in [1.82, 2.24) is 14.5 Å². The molecular formula is C43H46ClF4N5O. The fourth-order valence-electron chi connectivity index (χ4n) is 7.63. The standard InChI is InChI=1S/C43H46ClF4N5O/c1-5-9-34(49)38-26(4)37(13-12-33(38)44)53-41(32(25(2)3)22-28-20-30(45)23-31(46)21-28)52-40-39(42(53)54)36(50-19-16-27-10-7-6-8-11-27)24-35(51-40)29-14-17-43(47,48)18-15-29/h6-8,10-13,20-21,23-25,29,32,49H,5,9,14-19,22H2,1-4H3,(H,50,51). The first-order valence-electron chi connectivity index (χ1n) is 18.7. The van der Waals surface area contributed by atoms with Crippen molar-refractivity contribution in [3.63, 3.8) is 0 Å². The van der Waals surface area contributed by atoms with E-state index in [-0.39, 0.29) is 55.0 Å². The number of rotatable bonds is 13. The first kappa shape index (κ1) is 39.1. The highest BCUT2D eigenvalue weighted by Gasteiger charge is 2.36. The van der Waals surface area contributed by atoms with Crippen LogP contribution in [0.2, 0.25) is 5.02 Å². The fourth-order valence-corrected chi connectivity index (χ4v) is 7.95. The first-order chi connectivity index (χ1) is 25.8. The van der Waals surface area contributed by atoms with Crippen molar-refractivity contribution in [2.45, 2.75) is 96.8 Å². The molecule has 0 aliphatic heterocycles. The van der Waals surface area contributed by atoms with Gasteiger partial charge in [0.2, 0.25) is 5.92 Å². The number of pyridine rings is 1. The Balaban J connectivity index is 1.61. The Morgan fingerprint density at radius 1 is 1.00 bits per heavy atom. The summed E-state index contributed by atoms with van der Waals surface area (Å²) in [5.41, 5.74) is 4.32. The minimum Gasteiger partial charge on any atom is -0.384 e. The summed E-state index contributed by atoms with van der Waals surface area (Å²) < 4.78 is 59.1. The van der Waals surface area contributed by atoms with E-state index >= 15 is 4.79 Å². The van der Waals surface area contributed by atoms with E-state index in [0.717, 1.165) is 18.1 Å². The maximum absolute atomic E-state index is 15.2. The molecule has 1 unspecified atom stereocenters. The number of benzene rings is 3. The molecule has 3 aromatic carbocycles. The quantitative estimate of drug-likeness (QED) is 0.0925. The van der Waals surface area contributed by atoms with E-state index in [4.69, 9.17) is 27.0 Å². The number of hydrogen-bond donors (Lipinski definition) is 2. The SMILES string of the molecule is CCCC(=N)c1c(Cl)ccc(-n2c(C(Cc3cc(F)cc(F)c3)C(C)C)nc3nc(C4CCC(F)(F)CC4)cc(NCCc4ccccc4)c3c2=O)c1C. The maximum atomic E-state index is 15.2. The zero-order chi connectivity index (χ0) is 38.7. The molecule has 0 bridgehead atoms. The maximum Gasteiger partial charge on any atom is 0.269 e. The molecule has 11 heteroatoms. The Hall–Kier alpha value is -4.57. The molecule has 2 N–H and O–H groups in total. The largest absolute Gasteiger partial charge is 0.384 e. The van der Waals surface area contributed by atoms with E-state index in [0.29, 0.717) is 69.7 Å². The first-order valence-corrected chi connectivity index (χ1v) is 19.1. The molecule has 1 aliphatic carbocycles. The highest BCUT2D eigenvalue weighted by Crippen LogP contribution is 2.42. The lowest BCUT2D eigenvalue weighted by Crippen LogP contribution is -2.30. The number of hydrogen-bond acceptors (Lipinski definition) is 5. The molecule has 1 fully saturated rings. The third kappa shape index (κ3) is 8.54. The Bertz CT molecular complexity index is 2190. The Labute approximate surface area is 318 Å². The molecule has 1 aliphatic rings. The number of nitrogens with one attached hydrogen (secondary N) is 2. The van der Waals surface area contributed by atoms with Gasteiger partial charge >= 0.3 is 0 Å². The van der Waals surface area contributed by atoms with Gasteiger partial charge in [-0.05, 0) is 92.0 Å². The second-order valence-electron chi connectivity index (χ2n) is 14.8. The minimum absolute atomic E-state index is 0.162. The van der Waals surface area contributed by atoms with Crippen molar-refractivity contribution in [2.24, 2.45) is 5.92 Å². The molecule has 0 spiro atoms. The molecule has 6 nitrogen and oxygen atoms in total. The molecule has 0 radical (unpaired) electrons. The van der Waals surface area contributed by atoms with Gasteiger partial charge in [0.25, 0.3) is 5.56 Å². The van der Waals surface area contributed by atoms with Gasteiger partial charge in [0.15, 0.2) is 5.65 Å². The van der Waals surface area contributed by atoms with Gasteiger partial charge in [0, 0.05) is 54.3 Å². The molecule has 5 aromatic rings. The van der Waals surface area contributed by atoms with Crippen LogP contribution < -0.4 is 10.9 Å². The topological polar surface area (TPSA) is 83.7 Å². The number of nitrogens with zero attached hydrogens (tertiary/aromatic N) is 3. The third-order valence-corrected chi connectivity index (χ3v) is 10.9. The van der Waals surface area contributed by atoms with Gasteiger partial charge in [-0.15, -0.1) is 0 Å². The molecule has 2 aromatic heterocycles. The van der Waals surface area contributed by atoms with Gasteiger partial charge < -0.3 is 10.7 Å². The average Bonchev–Trinajstić information content (AvgIpc) is 3.11. The monoisotopic (exact) mass is 759 g/mol. The summed E-state index contributed by atoms with van der Waals surface area (Å²) in [7, 11) is 0. The van der Waals surface area contributed by atoms with Gasteiger partial charge in [-0.1, -0.05) is 69.1 Å². The second-order valence-corrected chi connectivity index (χ2v) is 15.2. The summed E-state index contributed by atoms with van der Waals surface area (Å²) in [5.74, 6) is -4.75. The van der Waals surface area contributed by atoms with Crippen LogP contribution >= 0.6 is 11.6 Å².